The van der Waals surface area contributed by atoms with Crippen molar-refractivity contribution in [3.05, 3.63) is 58.6 Å². The zero-order chi connectivity index (χ0) is 16.9. The molecule has 0 atom stereocenters. The predicted molar refractivity (Wildman–Crippen MR) is 101 cm³/mol. The molecule has 1 N–H and O–H groups in total. The van der Waals surface area contributed by atoms with E-state index in [1.165, 1.54) is 24.8 Å². The molecule has 0 spiro atoms. The largest absolute Gasteiger partial charge is 0.370 e. The normalized spacial score (nSPS) is 14.5. The molecular formula is C20H23ClN2O. The van der Waals surface area contributed by atoms with Crippen LogP contribution in [0, 0.1) is 0 Å². The number of carbonyl (C=O) groups excluding carboxylic acids is 1. The van der Waals surface area contributed by atoms with Crippen LogP contribution in [0.2, 0.25) is 5.02 Å². The van der Waals surface area contributed by atoms with E-state index < -0.39 is 0 Å². The Morgan fingerprint density at radius 2 is 1.79 bits per heavy atom. The quantitative estimate of drug-likeness (QED) is 0.833. The highest BCUT2D eigenvalue weighted by molar-refractivity contribution is 6.33. The number of halogens is 1. The lowest BCUT2D eigenvalue weighted by molar-refractivity contribution is 0.102. The predicted octanol–water partition coefficient (Wildman–Crippen LogP) is 5.15. The van der Waals surface area contributed by atoms with Gasteiger partial charge in [0.15, 0.2) is 0 Å². The summed E-state index contributed by atoms with van der Waals surface area (Å²) in [4.78, 5) is 14.7. The average Bonchev–Trinajstić information content (AvgIpc) is 2.62. The number of hydrogen-bond donors (Lipinski definition) is 1. The minimum absolute atomic E-state index is 0.112. The summed E-state index contributed by atoms with van der Waals surface area (Å²) in [7, 11) is 0. The van der Waals surface area contributed by atoms with Crippen LogP contribution < -0.4 is 10.2 Å². The van der Waals surface area contributed by atoms with Gasteiger partial charge in [0.05, 0.1) is 10.7 Å². The van der Waals surface area contributed by atoms with Crippen molar-refractivity contribution in [1.82, 2.24) is 0 Å². The van der Waals surface area contributed by atoms with Crippen LogP contribution in [-0.4, -0.2) is 19.0 Å². The SMILES string of the molecule is CCc1ccc(C(=O)Nc2ccc(N3CCCCC3)c(Cl)c2)cc1. The van der Waals surface area contributed by atoms with Gasteiger partial charge >= 0.3 is 0 Å². The molecule has 1 amide bonds. The first-order chi connectivity index (χ1) is 11.7. The number of rotatable bonds is 4. The molecular weight excluding hydrogens is 320 g/mol. The summed E-state index contributed by atoms with van der Waals surface area (Å²) in [6.07, 6.45) is 4.68. The third-order valence-corrected chi connectivity index (χ3v) is 4.83. The summed E-state index contributed by atoms with van der Waals surface area (Å²) < 4.78 is 0. The molecule has 2 aromatic rings. The van der Waals surface area contributed by atoms with E-state index in [0.717, 1.165) is 30.9 Å². The minimum atomic E-state index is -0.112. The number of nitrogens with zero attached hydrogens (tertiary/aromatic N) is 1. The Labute approximate surface area is 148 Å². The molecule has 24 heavy (non-hydrogen) atoms. The van der Waals surface area contributed by atoms with Crippen molar-refractivity contribution in [2.75, 3.05) is 23.3 Å². The third-order valence-electron chi connectivity index (χ3n) is 4.53. The smallest absolute Gasteiger partial charge is 0.255 e. The molecule has 1 aliphatic rings. The first kappa shape index (κ1) is 16.8. The van der Waals surface area contributed by atoms with E-state index in [1.807, 2.05) is 42.5 Å². The number of amides is 1. The monoisotopic (exact) mass is 342 g/mol. The van der Waals surface area contributed by atoms with Crippen LogP contribution in [0.3, 0.4) is 0 Å². The van der Waals surface area contributed by atoms with Crippen molar-refractivity contribution in [3.8, 4) is 0 Å². The number of aryl methyl sites for hydroxylation is 1. The van der Waals surface area contributed by atoms with Crippen LogP contribution in [0.5, 0.6) is 0 Å². The first-order valence-electron chi connectivity index (χ1n) is 8.62. The number of piperidine rings is 1. The molecule has 0 aromatic heterocycles. The van der Waals surface area contributed by atoms with Crippen LogP contribution >= 0.6 is 11.6 Å². The van der Waals surface area contributed by atoms with Crippen LogP contribution in [0.1, 0.15) is 42.1 Å². The Bertz CT molecular complexity index is 706. The highest BCUT2D eigenvalue weighted by Gasteiger charge is 2.14. The van der Waals surface area contributed by atoms with Crippen molar-refractivity contribution >= 4 is 28.9 Å². The highest BCUT2D eigenvalue weighted by Crippen LogP contribution is 2.31. The number of hydrogen-bond acceptors (Lipinski definition) is 2. The first-order valence-corrected chi connectivity index (χ1v) is 9.00. The molecule has 0 bridgehead atoms. The van der Waals surface area contributed by atoms with E-state index in [2.05, 4.69) is 17.1 Å². The van der Waals surface area contributed by atoms with Crippen molar-refractivity contribution < 1.29 is 4.79 Å². The second-order valence-electron chi connectivity index (χ2n) is 6.22. The lowest BCUT2D eigenvalue weighted by Gasteiger charge is -2.29. The molecule has 3 rings (SSSR count). The molecule has 0 radical (unpaired) electrons. The van der Waals surface area contributed by atoms with Crippen molar-refractivity contribution in [1.29, 1.82) is 0 Å². The molecule has 3 nitrogen and oxygen atoms in total. The van der Waals surface area contributed by atoms with Crippen LogP contribution in [0.25, 0.3) is 0 Å². The van der Waals surface area contributed by atoms with Crippen LogP contribution in [0.15, 0.2) is 42.5 Å². The van der Waals surface area contributed by atoms with Crippen LogP contribution in [-0.2, 0) is 6.42 Å². The standard InChI is InChI=1S/C20H23ClN2O/c1-2-15-6-8-16(9-7-15)20(24)22-17-10-11-19(18(21)14-17)23-12-4-3-5-13-23/h6-11,14H,2-5,12-13H2,1H3,(H,22,24). The molecule has 126 valence electrons. The number of carbonyl (C=O) groups is 1. The van der Waals surface area contributed by atoms with Gasteiger partial charge in [0.25, 0.3) is 5.91 Å². The zero-order valence-corrected chi connectivity index (χ0v) is 14.8. The van der Waals surface area contributed by atoms with Gasteiger partial charge in [0.1, 0.15) is 0 Å². The zero-order valence-electron chi connectivity index (χ0n) is 14.0. The summed E-state index contributed by atoms with van der Waals surface area (Å²) in [5.41, 5.74) is 3.66. The maximum Gasteiger partial charge on any atom is 0.255 e. The second-order valence-corrected chi connectivity index (χ2v) is 6.63. The number of anilines is 2. The molecule has 0 saturated carbocycles. The van der Waals surface area contributed by atoms with E-state index >= 15 is 0 Å². The van der Waals surface area contributed by atoms with E-state index in [0.29, 0.717) is 10.6 Å². The number of nitrogens with one attached hydrogen (secondary N) is 1. The summed E-state index contributed by atoms with van der Waals surface area (Å²) in [6.45, 7) is 4.20. The highest BCUT2D eigenvalue weighted by atomic mass is 35.5. The Hall–Kier alpha value is -2.00. The van der Waals surface area contributed by atoms with Gasteiger partial charge in [0, 0.05) is 24.3 Å². The summed E-state index contributed by atoms with van der Waals surface area (Å²) in [5.74, 6) is -0.112. The van der Waals surface area contributed by atoms with Gasteiger partial charge in [-0.05, 0) is 61.6 Å². The van der Waals surface area contributed by atoms with Crippen molar-refractivity contribution in [3.63, 3.8) is 0 Å². The van der Waals surface area contributed by atoms with E-state index in [-0.39, 0.29) is 5.91 Å². The number of benzene rings is 2. The molecule has 1 aliphatic heterocycles. The van der Waals surface area contributed by atoms with Gasteiger partial charge in [-0.1, -0.05) is 30.7 Å². The fraction of sp³-hybridized carbons (Fsp3) is 0.350. The average molecular weight is 343 g/mol. The molecule has 0 aliphatic carbocycles. The topological polar surface area (TPSA) is 32.3 Å². The van der Waals surface area contributed by atoms with Crippen LogP contribution in [0.4, 0.5) is 11.4 Å². The van der Waals surface area contributed by atoms with Gasteiger partial charge < -0.3 is 10.2 Å². The molecule has 0 unspecified atom stereocenters. The fourth-order valence-corrected chi connectivity index (χ4v) is 3.37. The van der Waals surface area contributed by atoms with Crippen molar-refractivity contribution in [2.45, 2.75) is 32.6 Å². The molecule has 2 aromatic carbocycles. The van der Waals surface area contributed by atoms with E-state index in [1.54, 1.807) is 0 Å². The van der Waals surface area contributed by atoms with E-state index in [9.17, 15) is 4.79 Å². The summed E-state index contributed by atoms with van der Waals surface area (Å²) >= 11 is 6.44. The Balaban J connectivity index is 1.70. The second kappa shape index (κ2) is 7.71. The fourth-order valence-electron chi connectivity index (χ4n) is 3.07. The molecule has 4 heteroatoms. The maximum atomic E-state index is 12.3. The lowest BCUT2D eigenvalue weighted by Crippen LogP contribution is -2.29. The Morgan fingerprint density at radius 1 is 1.08 bits per heavy atom. The molecule has 1 heterocycles. The van der Waals surface area contributed by atoms with Gasteiger partial charge in [-0.15, -0.1) is 0 Å². The van der Waals surface area contributed by atoms with Gasteiger partial charge in [-0.3, -0.25) is 4.79 Å². The third kappa shape index (κ3) is 3.90. The maximum absolute atomic E-state index is 12.3. The molecule has 1 saturated heterocycles. The minimum Gasteiger partial charge on any atom is -0.370 e. The van der Waals surface area contributed by atoms with Crippen molar-refractivity contribution in [2.24, 2.45) is 0 Å². The Morgan fingerprint density at radius 3 is 2.42 bits per heavy atom. The Kier molecular flexibility index (Phi) is 5.41. The molecule has 1 fully saturated rings. The van der Waals surface area contributed by atoms with E-state index in [4.69, 9.17) is 11.6 Å². The summed E-state index contributed by atoms with van der Waals surface area (Å²) in [5, 5.41) is 3.62. The van der Waals surface area contributed by atoms with Gasteiger partial charge in [-0.2, -0.15) is 0 Å². The van der Waals surface area contributed by atoms with Gasteiger partial charge in [0.2, 0.25) is 0 Å². The van der Waals surface area contributed by atoms with Gasteiger partial charge in [-0.25, -0.2) is 0 Å². The summed E-state index contributed by atoms with van der Waals surface area (Å²) in [6, 6.07) is 13.5. The lowest BCUT2D eigenvalue weighted by atomic mass is 10.1.